The van der Waals surface area contributed by atoms with E-state index < -0.39 is 24.0 Å². The summed E-state index contributed by atoms with van der Waals surface area (Å²) in [5, 5.41) is 5.63. The minimum Gasteiger partial charge on any atom is -0.449 e. The smallest absolute Gasteiger partial charge is 0.338 e. The van der Waals surface area contributed by atoms with Gasteiger partial charge in [0.2, 0.25) is 0 Å². The summed E-state index contributed by atoms with van der Waals surface area (Å²) in [6.07, 6.45) is -0.977. The van der Waals surface area contributed by atoms with Crippen LogP contribution < -0.4 is 16.4 Å². The molecule has 0 aromatic heterocycles. The third-order valence-corrected chi connectivity index (χ3v) is 3.67. The summed E-state index contributed by atoms with van der Waals surface area (Å²) in [7, 11) is 0. The van der Waals surface area contributed by atoms with Crippen LogP contribution in [0.2, 0.25) is 5.02 Å². The fraction of sp³-hybridized carbons (Fsp3) is 0.167. The van der Waals surface area contributed by atoms with Crippen LogP contribution in [0.5, 0.6) is 0 Å². The highest BCUT2D eigenvalue weighted by Crippen LogP contribution is 2.14. The fourth-order valence-corrected chi connectivity index (χ4v) is 2.13. The lowest BCUT2D eigenvalue weighted by Crippen LogP contribution is -2.30. The van der Waals surface area contributed by atoms with Crippen LogP contribution in [-0.2, 0) is 16.1 Å². The van der Waals surface area contributed by atoms with E-state index in [0.717, 1.165) is 5.56 Å². The van der Waals surface area contributed by atoms with E-state index in [0.29, 0.717) is 16.3 Å². The van der Waals surface area contributed by atoms with Crippen LogP contribution in [0.25, 0.3) is 0 Å². The Morgan fingerprint density at radius 3 is 2.27 bits per heavy atom. The summed E-state index contributed by atoms with van der Waals surface area (Å²) in [6, 6.07) is 12.4. The van der Waals surface area contributed by atoms with Gasteiger partial charge < -0.3 is 21.1 Å². The third kappa shape index (κ3) is 5.78. The number of hydrogen-bond acceptors (Lipinski definition) is 4. The zero-order chi connectivity index (χ0) is 19.1. The van der Waals surface area contributed by atoms with Gasteiger partial charge in [-0.15, -0.1) is 0 Å². The summed E-state index contributed by atoms with van der Waals surface area (Å²) in [5.74, 6) is -1.08. The van der Waals surface area contributed by atoms with Gasteiger partial charge in [0.05, 0.1) is 5.56 Å². The first kappa shape index (κ1) is 19.3. The summed E-state index contributed by atoms with van der Waals surface area (Å²) >= 11 is 5.78. The predicted molar refractivity (Wildman–Crippen MR) is 97.8 cm³/mol. The van der Waals surface area contributed by atoms with Crippen molar-refractivity contribution in [2.75, 3.05) is 5.32 Å². The maximum atomic E-state index is 12.1. The van der Waals surface area contributed by atoms with Crippen LogP contribution in [-0.4, -0.2) is 24.0 Å². The highest BCUT2D eigenvalue weighted by atomic mass is 35.5. The average Bonchev–Trinajstić information content (AvgIpc) is 2.62. The lowest BCUT2D eigenvalue weighted by molar-refractivity contribution is -0.123. The number of nitrogens with one attached hydrogen (secondary N) is 2. The van der Waals surface area contributed by atoms with Gasteiger partial charge in [-0.05, 0) is 48.9 Å². The molecule has 0 radical (unpaired) electrons. The van der Waals surface area contributed by atoms with Crippen molar-refractivity contribution in [3.8, 4) is 0 Å². The Labute approximate surface area is 155 Å². The van der Waals surface area contributed by atoms with Gasteiger partial charge in [-0.25, -0.2) is 9.59 Å². The van der Waals surface area contributed by atoms with E-state index in [-0.39, 0.29) is 6.54 Å². The maximum Gasteiger partial charge on any atom is 0.338 e. The molecule has 7 nitrogen and oxygen atoms in total. The molecule has 8 heteroatoms. The van der Waals surface area contributed by atoms with Gasteiger partial charge in [0, 0.05) is 17.3 Å². The number of carbonyl (C=O) groups excluding carboxylic acids is 3. The van der Waals surface area contributed by atoms with E-state index in [1.54, 1.807) is 48.5 Å². The van der Waals surface area contributed by atoms with Crippen molar-refractivity contribution in [3.63, 3.8) is 0 Å². The van der Waals surface area contributed by atoms with Crippen molar-refractivity contribution in [2.24, 2.45) is 5.73 Å². The Bertz CT molecular complexity index is 791. The average molecular weight is 376 g/mol. The minimum atomic E-state index is -0.977. The summed E-state index contributed by atoms with van der Waals surface area (Å²) < 4.78 is 5.17. The summed E-state index contributed by atoms with van der Waals surface area (Å²) in [5.41, 5.74) is 6.61. The van der Waals surface area contributed by atoms with Gasteiger partial charge in [-0.1, -0.05) is 23.7 Å². The Morgan fingerprint density at radius 1 is 1.08 bits per heavy atom. The molecule has 0 aliphatic carbocycles. The highest BCUT2D eigenvalue weighted by Gasteiger charge is 2.19. The number of nitrogens with two attached hydrogens (primary N) is 1. The third-order valence-electron chi connectivity index (χ3n) is 3.42. The number of primary amides is 1. The minimum absolute atomic E-state index is 0.255. The number of rotatable bonds is 6. The summed E-state index contributed by atoms with van der Waals surface area (Å²) in [6.45, 7) is 1.73. The zero-order valence-corrected chi connectivity index (χ0v) is 14.7. The van der Waals surface area contributed by atoms with Gasteiger partial charge in [-0.2, -0.15) is 0 Å². The molecule has 4 N–H and O–H groups in total. The Hall–Kier alpha value is -3.06. The molecule has 0 fully saturated rings. The normalized spacial score (nSPS) is 11.3. The van der Waals surface area contributed by atoms with Gasteiger partial charge in [0.1, 0.15) is 0 Å². The molecule has 0 aliphatic heterocycles. The topological polar surface area (TPSA) is 111 Å². The quantitative estimate of drug-likeness (QED) is 0.674. The van der Waals surface area contributed by atoms with Crippen molar-refractivity contribution >= 4 is 35.2 Å². The molecular formula is C18H18ClN3O4. The number of anilines is 1. The second-order valence-corrected chi connectivity index (χ2v) is 5.89. The molecule has 0 saturated heterocycles. The monoisotopic (exact) mass is 375 g/mol. The molecule has 1 atom stereocenters. The molecule has 0 bridgehead atoms. The van der Waals surface area contributed by atoms with Crippen LogP contribution in [0, 0.1) is 0 Å². The Morgan fingerprint density at radius 2 is 1.69 bits per heavy atom. The number of ether oxygens (including phenoxy) is 1. The van der Waals surface area contributed by atoms with Crippen LogP contribution >= 0.6 is 11.6 Å². The molecule has 3 amide bonds. The van der Waals surface area contributed by atoms with Gasteiger partial charge in [0.25, 0.3) is 5.91 Å². The first-order valence-corrected chi connectivity index (χ1v) is 8.12. The second-order valence-electron chi connectivity index (χ2n) is 5.46. The second kappa shape index (κ2) is 8.87. The molecule has 0 heterocycles. The number of benzene rings is 2. The van der Waals surface area contributed by atoms with Crippen LogP contribution in [0.3, 0.4) is 0 Å². The van der Waals surface area contributed by atoms with E-state index in [1.165, 1.54) is 6.92 Å². The molecule has 26 heavy (non-hydrogen) atoms. The summed E-state index contributed by atoms with van der Waals surface area (Å²) in [4.78, 5) is 34.9. The highest BCUT2D eigenvalue weighted by molar-refractivity contribution is 6.30. The van der Waals surface area contributed by atoms with Crippen LogP contribution in [0.1, 0.15) is 22.8 Å². The van der Waals surface area contributed by atoms with Gasteiger partial charge in [-0.3, -0.25) is 4.79 Å². The first-order valence-electron chi connectivity index (χ1n) is 7.75. The molecule has 2 rings (SSSR count). The fourth-order valence-electron chi connectivity index (χ4n) is 2.01. The first-order chi connectivity index (χ1) is 12.3. The van der Waals surface area contributed by atoms with Gasteiger partial charge >= 0.3 is 12.0 Å². The SMILES string of the molecule is CC(OC(=O)c1ccc(CNC(N)=O)cc1)C(=O)Nc1ccc(Cl)cc1. The van der Waals surface area contributed by atoms with Crippen molar-refractivity contribution in [1.82, 2.24) is 5.32 Å². The van der Waals surface area contributed by atoms with Gasteiger partial charge in [0.15, 0.2) is 6.10 Å². The predicted octanol–water partition coefficient (Wildman–Crippen LogP) is 2.69. The van der Waals surface area contributed by atoms with Crippen molar-refractivity contribution in [3.05, 3.63) is 64.7 Å². The lowest BCUT2D eigenvalue weighted by Gasteiger charge is -2.14. The van der Waals surface area contributed by atoms with E-state index in [1.807, 2.05) is 0 Å². The molecule has 136 valence electrons. The Balaban J connectivity index is 1.90. The molecular weight excluding hydrogens is 358 g/mol. The van der Waals surface area contributed by atoms with Crippen molar-refractivity contribution < 1.29 is 19.1 Å². The molecule has 2 aromatic rings. The van der Waals surface area contributed by atoms with Crippen molar-refractivity contribution in [1.29, 1.82) is 0 Å². The van der Waals surface area contributed by atoms with Crippen LogP contribution in [0.4, 0.5) is 10.5 Å². The van der Waals surface area contributed by atoms with Crippen LogP contribution in [0.15, 0.2) is 48.5 Å². The molecule has 0 aliphatic rings. The number of amides is 3. The van der Waals surface area contributed by atoms with E-state index >= 15 is 0 Å². The standard InChI is InChI=1S/C18H18ClN3O4/c1-11(16(23)22-15-8-6-14(19)7-9-15)26-17(24)13-4-2-12(3-5-13)10-21-18(20)25/h2-9,11H,10H2,1H3,(H,22,23)(H3,20,21,25). The van der Waals surface area contributed by atoms with E-state index in [9.17, 15) is 14.4 Å². The lowest BCUT2D eigenvalue weighted by atomic mass is 10.1. The zero-order valence-electron chi connectivity index (χ0n) is 14.0. The number of halogens is 1. The molecule has 2 aromatic carbocycles. The number of esters is 1. The number of hydrogen-bond donors (Lipinski definition) is 3. The Kier molecular flexibility index (Phi) is 6.57. The van der Waals surface area contributed by atoms with Crippen molar-refractivity contribution in [2.45, 2.75) is 19.6 Å². The molecule has 1 unspecified atom stereocenters. The molecule has 0 saturated carbocycles. The largest absolute Gasteiger partial charge is 0.449 e. The number of carbonyl (C=O) groups is 3. The van der Waals surface area contributed by atoms with E-state index in [4.69, 9.17) is 22.1 Å². The number of urea groups is 1. The van der Waals surface area contributed by atoms with E-state index in [2.05, 4.69) is 10.6 Å². The molecule has 0 spiro atoms. The maximum absolute atomic E-state index is 12.1.